The van der Waals surface area contributed by atoms with E-state index in [0.29, 0.717) is 6.42 Å². The van der Waals surface area contributed by atoms with E-state index in [1.54, 1.807) is 0 Å². The van der Waals surface area contributed by atoms with Crippen molar-refractivity contribution in [1.29, 1.82) is 0 Å². The zero-order valence-corrected chi connectivity index (χ0v) is 15.8. The van der Waals surface area contributed by atoms with Gasteiger partial charge in [-0.15, -0.1) is 0 Å². The Labute approximate surface area is 154 Å². The molecule has 2 fully saturated rings. The van der Waals surface area contributed by atoms with E-state index < -0.39 is 29.9 Å². The van der Waals surface area contributed by atoms with Crippen molar-refractivity contribution >= 4 is 11.9 Å². The van der Waals surface area contributed by atoms with Crippen molar-refractivity contribution in [3.8, 4) is 0 Å². The molecule has 0 aromatic rings. The average Bonchev–Trinajstić information content (AvgIpc) is 3.00. The predicted molar refractivity (Wildman–Crippen MR) is 97.1 cm³/mol. The molecule has 2 heterocycles. The number of nitrogens with zero attached hydrogens (tertiary/aromatic N) is 1. The van der Waals surface area contributed by atoms with Crippen molar-refractivity contribution in [1.82, 2.24) is 10.2 Å². The quantitative estimate of drug-likeness (QED) is 0.596. The number of rotatable bonds is 7. The summed E-state index contributed by atoms with van der Waals surface area (Å²) < 4.78 is 5.65. The molecule has 0 radical (unpaired) electrons. The molecule has 0 bridgehead atoms. The van der Waals surface area contributed by atoms with Gasteiger partial charge in [-0.05, 0) is 19.3 Å². The van der Waals surface area contributed by atoms with Gasteiger partial charge in [0.05, 0.1) is 12.7 Å². The molecule has 3 amide bonds. The molecule has 7 nitrogen and oxygen atoms in total. The van der Waals surface area contributed by atoms with Crippen LogP contribution < -0.4 is 5.32 Å². The van der Waals surface area contributed by atoms with Crippen molar-refractivity contribution in [2.75, 3.05) is 13.2 Å². The standard InChI is InChI=1S/C19H30N2O5/c1-4-7-9-19(13(6-3)8-5-2)12-21(18(25)20-17(19)24)16-10-14(23)15(11-22)26-16/h7-9,14-16,22-23H,4-6,10-12H2,1-3H3,(H,20,24,25)/t14-,15+,16+,19?/m0/s1. The number of hydrogen-bond acceptors (Lipinski definition) is 5. The van der Waals surface area contributed by atoms with Crippen LogP contribution in [0.15, 0.2) is 23.8 Å². The molecule has 146 valence electrons. The van der Waals surface area contributed by atoms with E-state index in [9.17, 15) is 19.8 Å². The van der Waals surface area contributed by atoms with Gasteiger partial charge in [0.2, 0.25) is 5.91 Å². The average molecular weight is 366 g/mol. The molecular formula is C19H30N2O5. The zero-order chi connectivity index (χ0) is 19.3. The molecule has 0 saturated carbocycles. The molecule has 0 aliphatic carbocycles. The molecule has 0 aromatic heterocycles. The van der Waals surface area contributed by atoms with Gasteiger partial charge in [-0.2, -0.15) is 0 Å². The molecule has 2 saturated heterocycles. The molecule has 26 heavy (non-hydrogen) atoms. The summed E-state index contributed by atoms with van der Waals surface area (Å²) in [5.41, 5.74) is 0.0114. The summed E-state index contributed by atoms with van der Waals surface area (Å²) in [5.74, 6) is -0.331. The first-order chi connectivity index (χ1) is 12.4. The van der Waals surface area contributed by atoms with Crippen LogP contribution in [0.1, 0.15) is 46.5 Å². The van der Waals surface area contributed by atoms with Crippen LogP contribution in [0.3, 0.4) is 0 Å². The third-order valence-electron chi connectivity index (χ3n) is 5.08. The Balaban J connectivity index is 2.39. The number of aliphatic hydroxyl groups excluding tert-OH is 2. The normalized spacial score (nSPS) is 33.2. The summed E-state index contributed by atoms with van der Waals surface area (Å²) in [6, 6.07) is -0.529. The van der Waals surface area contributed by atoms with Crippen LogP contribution >= 0.6 is 0 Å². The van der Waals surface area contributed by atoms with Crippen molar-refractivity contribution in [3.05, 3.63) is 23.8 Å². The van der Waals surface area contributed by atoms with Gasteiger partial charge in [0.15, 0.2) is 0 Å². The molecule has 0 aromatic carbocycles. The number of aliphatic hydroxyl groups is 2. The first-order valence-electron chi connectivity index (χ1n) is 9.37. The molecule has 2 aliphatic heterocycles. The van der Waals surface area contributed by atoms with E-state index in [1.165, 1.54) is 4.90 Å². The molecule has 4 atom stereocenters. The number of ether oxygens (including phenoxy) is 1. The van der Waals surface area contributed by atoms with Gasteiger partial charge in [-0.3, -0.25) is 15.0 Å². The van der Waals surface area contributed by atoms with E-state index in [-0.39, 0.29) is 25.5 Å². The summed E-state index contributed by atoms with van der Waals surface area (Å²) in [5, 5.41) is 21.8. The minimum absolute atomic E-state index is 0.156. The number of allylic oxidation sites excluding steroid dienone is 2. The van der Waals surface area contributed by atoms with Crippen molar-refractivity contribution in [2.24, 2.45) is 5.41 Å². The number of nitrogens with one attached hydrogen (secondary N) is 1. The van der Waals surface area contributed by atoms with E-state index >= 15 is 0 Å². The van der Waals surface area contributed by atoms with Gasteiger partial charge in [0.25, 0.3) is 0 Å². The maximum absolute atomic E-state index is 12.9. The Morgan fingerprint density at radius 2 is 2.08 bits per heavy atom. The van der Waals surface area contributed by atoms with Crippen LogP contribution in [0.5, 0.6) is 0 Å². The highest BCUT2D eigenvalue weighted by atomic mass is 16.5. The first kappa shape index (κ1) is 20.6. The SMILES string of the molecule is CCC=CC1(C(=CCC)CC)CN([C@H]2C[C@H](O)[C@@H](CO)O2)C(=O)NC1=O. The Bertz CT molecular complexity index is 588. The minimum Gasteiger partial charge on any atom is -0.394 e. The summed E-state index contributed by atoms with van der Waals surface area (Å²) in [4.78, 5) is 26.8. The van der Waals surface area contributed by atoms with E-state index in [4.69, 9.17) is 4.74 Å². The highest BCUT2D eigenvalue weighted by molar-refractivity contribution is 6.02. The molecule has 7 heteroatoms. The van der Waals surface area contributed by atoms with E-state index in [1.807, 2.05) is 39.0 Å². The largest absolute Gasteiger partial charge is 0.394 e. The monoisotopic (exact) mass is 366 g/mol. The fourth-order valence-electron chi connectivity index (χ4n) is 3.69. The smallest absolute Gasteiger partial charge is 0.326 e. The third kappa shape index (κ3) is 3.84. The summed E-state index contributed by atoms with van der Waals surface area (Å²) in [7, 11) is 0. The Hall–Kier alpha value is -1.70. The van der Waals surface area contributed by atoms with Crippen LogP contribution in [0.2, 0.25) is 0 Å². The summed E-state index contributed by atoms with van der Waals surface area (Å²) >= 11 is 0. The maximum Gasteiger partial charge on any atom is 0.326 e. The Morgan fingerprint density at radius 3 is 2.62 bits per heavy atom. The van der Waals surface area contributed by atoms with Crippen LogP contribution in [0.4, 0.5) is 4.79 Å². The third-order valence-corrected chi connectivity index (χ3v) is 5.08. The predicted octanol–water partition coefficient (Wildman–Crippen LogP) is 1.71. The highest BCUT2D eigenvalue weighted by Crippen LogP contribution is 2.38. The highest BCUT2D eigenvalue weighted by Gasteiger charge is 2.50. The fourth-order valence-corrected chi connectivity index (χ4v) is 3.69. The molecule has 3 N–H and O–H groups in total. The van der Waals surface area contributed by atoms with E-state index in [0.717, 1.165) is 18.4 Å². The van der Waals surface area contributed by atoms with Gasteiger partial charge in [0.1, 0.15) is 17.7 Å². The van der Waals surface area contributed by atoms with Gasteiger partial charge >= 0.3 is 6.03 Å². The lowest BCUT2D eigenvalue weighted by Crippen LogP contribution is -2.62. The van der Waals surface area contributed by atoms with Gasteiger partial charge in [-0.1, -0.05) is 44.6 Å². The van der Waals surface area contributed by atoms with Crippen LogP contribution in [-0.2, 0) is 9.53 Å². The van der Waals surface area contributed by atoms with Gasteiger partial charge < -0.3 is 14.9 Å². The first-order valence-corrected chi connectivity index (χ1v) is 9.37. The number of carbonyl (C=O) groups is 2. The van der Waals surface area contributed by atoms with Crippen molar-refractivity contribution in [2.45, 2.75) is 64.9 Å². The topological polar surface area (TPSA) is 99.1 Å². The molecule has 2 aliphatic rings. The van der Waals surface area contributed by atoms with Crippen molar-refractivity contribution in [3.63, 3.8) is 0 Å². The molecule has 0 spiro atoms. The lowest BCUT2D eigenvalue weighted by Gasteiger charge is -2.43. The van der Waals surface area contributed by atoms with Gasteiger partial charge in [-0.25, -0.2) is 4.79 Å². The summed E-state index contributed by atoms with van der Waals surface area (Å²) in [6.45, 7) is 5.84. The van der Waals surface area contributed by atoms with Crippen LogP contribution in [0, 0.1) is 5.41 Å². The second kappa shape index (κ2) is 8.79. The molecule has 2 rings (SSSR count). The lowest BCUT2D eigenvalue weighted by molar-refractivity contribution is -0.132. The lowest BCUT2D eigenvalue weighted by atomic mass is 9.75. The van der Waals surface area contributed by atoms with E-state index in [2.05, 4.69) is 5.32 Å². The Kier molecular flexibility index (Phi) is 6.97. The minimum atomic E-state index is -0.944. The number of hydrogen-bond donors (Lipinski definition) is 3. The summed E-state index contributed by atoms with van der Waals surface area (Å²) in [6.07, 6.45) is 6.07. The maximum atomic E-state index is 12.9. The fraction of sp³-hybridized carbons (Fsp3) is 0.684. The second-order valence-corrected chi connectivity index (χ2v) is 6.78. The van der Waals surface area contributed by atoms with Gasteiger partial charge in [0, 0.05) is 13.0 Å². The number of amides is 3. The molecule has 1 unspecified atom stereocenters. The van der Waals surface area contributed by atoms with Crippen molar-refractivity contribution < 1.29 is 24.5 Å². The number of imide groups is 1. The Morgan fingerprint density at radius 1 is 1.35 bits per heavy atom. The molecular weight excluding hydrogens is 336 g/mol. The number of urea groups is 1. The van der Waals surface area contributed by atoms with Crippen LogP contribution in [-0.4, -0.2) is 58.6 Å². The second-order valence-electron chi connectivity index (χ2n) is 6.78. The zero-order valence-electron chi connectivity index (χ0n) is 15.8. The van der Waals surface area contributed by atoms with Crippen LogP contribution in [0.25, 0.3) is 0 Å². The number of carbonyl (C=O) groups excluding carboxylic acids is 2.